The van der Waals surface area contributed by atoms with Crippen LogP contribution < -0.4 is 15.9 Å². The summed E-state index contributed by atoms with van der Waals surface area (Å²) in [6, 6.07) is 8.38. The summed E-state index contributed by atoms with van der Waals surface area (Å²) in [6.45, 7) is 5.15. The van der Waals surface area contributed by atoms with Crippen LogP contribution in [0.3, 0.4) is 0 Å². The highest BCUT2D eigenvalue weighted by Gasteiger charge is 2.46. The van der Waals surface area contributed by atoms with Gasteiger partial charge in [0.1, 0.15) is 0 Å². The zero-order valence-electron chi connectivity index (χ0n) is 21.8. The summed E-state index contributed by atoms with van der Waals surface area (Å²) >= 11 is 0. The first-order valence-electron chi connectivity index (χ1n) is 14.3. The summed E-state index contributed by atoms with van der Waals surface area (Å²) in [5.74, 6) is 1.75. The third-order valence-electron chi connectivity index (χ3n) is 9.46. The van der Waals surface area contributed by atoms with Crippen LogP contribution in [-0.4, -0.2) is 58.0 Å². The summed E-state index contributed by atoms with van der Waals surface area (Å²) in [5.41, 5.74) is 1.57. The van der Waals surface area contributed by atoms with E-state index in [1.54, 1.807) is 0 Å². The van der Waals surface area contributed by atoms with Crippen molar-refractivity contribution in [1.29, 1.82) is 0 Å². The Labute approximate surface area is 222 Å². The highest BCUT2D eigenvalue weighted by atomic mass is 16.5. The predicted octanol–water partition coefficient (Wildman–Crippen LogP) is 4.19. The fourth-order valence-electron chi connectivity index (χ4n) is 8.03. The van der Waals surface area contributed by atoms with Gasteiger partial charge < -0.3 is 14.6 Å². The highest BCUT2D eigenvalue weighted by Crippen LogP contribution is 2.45. The van der Waals surface area contributed by atoms with Gasteiger partial charge in [-0.3, -0.25) is 9.69 Å². The quantitative estimate of drug-likeness (QED) is 0.661. The number of aromatic nitrogens is 2. The van der Waals surface area contributed by atoms with Gasteiger partial charge in [-0.25, -0.2) is 9.78 Å². The van der Waals surface area contributed by atoms with E-state index in [9.17, 15) is 9.59 Å². The molecule has 4 bridgehead atoms. The number of hydrazone groups is 1. The molecule has 6 atom stereocenters. The Kier molecular flexibility index (Phi) is 6.08. The van der Waals surface area contributed by atoms with Gasteiger partial charge in [-0.1, -0.05) is 44.4 Å². The molecule has 4 heterocycles. The molecule has 200 valence electrons. The van der Waals surface area contributed by atoms with Crippen molar-refractivity contribution >= 4 is 29.1 Å². The largest absolute Gasteiger partial charge is 0.378 e. The van der Waals surface area contributed by atoms with E-state index in [1.807, 2.05) is 28.8 Å². The molecule has 3 aliphatic heterocycles. The Balaban J connectivity index is 1.24. The van der Waals surface area contributed by atoms with Gasteiger partial charge in [0.15, 0.2) is 0 Å². The molecular formula is C29H36N6O3. The average molecular weight is 517 g/mol. The Morgan fingerprint density at radius 1 is 0.895 bits per heavy atom. The van der Waals surface area contributed by atoms with Crippen LogP contribution in [0.5, 0.6) is 0 Å². The maximum atomic E-state index is 14.0. The number of fused-ring (bicyclic) bond motifs is 5. The van der Waals surface area contributed by atoms with Gasteiger partial charge in [0.05, 0.1) is 36.2 Å². The van der Waals surface area contributed by atoms with Crippen molar-refractivity contribution in [1.82, 2.24) is 19.8 Å². The van der Waals surface area contributed by atoms with E-state index >= 15 is 0 Å². The van der Waals surface area contributed by atoms with Crippen molar-refractivity contribution in [3.63, 3.8) is 0 Å². The molecule has 2 saturated heterocycles. The number of anilines is 1. The van der Waals surface area contributed by atoms with Crippen molar-refractivity contribution in [2.45, 2.75) is 82.0 Å². The second kappa shape index (κ2) is 9.61. The van der Waals surface area contributed by atoms with E-state index in [-0.39, 0.29) is 17.4 Å². The highest BCUT2D eigenvalue weighted by molar-refractivity contribution is 6.00. The van der Waals surface area contributed by atoms with E-state index in [1.165, 1.54) is 51.2 Å². The molecular weight excluding hydrogens is 480 g/mol. The lowest BCUT2D eigenvalue weighted by molar-refractivity contribution is -0.116. The molecule has 7 rings (SSSR count). The Morgan fingerprint density at radius 3 is 2.32 bits per heavy atom. The second-order valence-electron chi connectivity index (χ2n) is 11.9. The summed E-state index contributed by atoms with van der Waals surface area (Å²) in [4.78, 5) is 34.1. The standard InChI is InChI=1S/C29H36N6O3/c1-18-15-30-35(29(37)31-18)27-28(36)34(26-9-5-4-8-25(26)32-27)22-13-23-16-38-17-24(14-22)33(23)21-11-19-6-2-3-7-20(10-19)12-21/h4-5,8-9,15,19-24H,1-3,6-7,10-14,16-17H2,(H,31,37)/t19-,20+,21?,22?,23-,24+. The molecule has 1 aromatic heterocycles. The van der Waals surface area contributed by atoms with Gasteiger partial charge in [-0.2, -0.15) is 10.1 Å². The minimum absolute atomic E-state index is 0.00182. The van der Waals surface area contributed by atoms with Crippen molar-refractivity contribution in [2.75, 3.05) is 18.2 Å². The number of rotatable bonds is 3. The number of urea groups is 1. The molecule has 2 unspecified atom stereocenters. The average Bonchev–Trinajstić information content (AvgIpc) is 3.07. The molecule has 38 heavy (non-hydrogen) atoms. The predicted molar refractivity (Wildman–Crippen MR) is 146 cm³/mol. The number of hydrogen-bond donors (Lipinski definition) is 1. The van der Waals surface area contributed by atoms with Crippen LogP contribution >= 0.6 is 0 Å². The number of carbonyl (C=O) groups excluding carboxylic acids is 1. The minimum atomic E-state index is -0.525. The molecule has 0 radical (unpaired) electrons. The number of morpholine rings is 1. The lowest BCUT2D eigenvalue weighted by Crippen LogP contribution is -2.62. The van der Waals surface area contributed by atoms with Crippen molar-refractivity contribution in [3.8, 4) is 0 Å². The summed E-state index contributed by atoms with van der Waals surface area (Å²) in [7, 11) is 0. The topological polar surface area (TPSA) is 92.1 Å². The smallest absolute Gasteiger partial charge is 0.348 e. The number of piperidine rings is 1. The van der Waals surface area contributed by atoms with Gasteiger partial charge in [0.25, 0.3) is 5.56 Å². The maximum Gasteiger partial charge on any atom is 0.348 e. The first-order chi connectivity index (χ1) is 18.5. The number of nitrogens with zero attached hydrogens (tertiary/aromatic N) is 5. The van der Waals surface area contributed by atoms with Crippen LogP contribution in [0.15, 0.2) is 46.4 Å². The third-order valence-corrected chi connectivity index (χ3v) is 9.46. The molecule has 9 nitrogen and oxygen atoms in total. The lowest BCUT2D eigenvalue weighted by atomic mass is 9.75. The van der Waals surface area contributed by atoms with Crippen LogP contribution in [0.25, 0.3) is 11.0 Å². The summed E-state index contributed by atoms with van der Waals surface area (Å²) in [6.07, 6.45) is 12.7. The molecule has 4 fully saturated rings. The molecule has 1 aromatic carbocycles. The number of amides is 2. The van der Waals surface area contributed by atoms with Gasteiger partial charge in [-0.05, 0) is 56.1 Å². The van der Waals surface area contributed by atoms with Crippen LogP contribution in [0.1, 0.15) is 63.8 Å². The molecule has 5 aliphatic rings. The van der Waals surface area contributed by atoms with Gasteiger partial charge in [-0.15, -0.1) is 0 Å². The zero-order chi connectivity index (χ0) is 25.8. The Bertz CT molecular complexity index is 1330. The maximum absolute atomic E-state index is 14.0. The van der Waals surface area contributed by atoms with Crippen molar-refractivity contribution < 1.29 is 9.53 Å². The number of allylic oxidation sites excluding steroid dienone is 1. The van der Waals surface area contributed by atoms with Crippen molar-refractivity contribution in [2.24, 2.45) is 16.9 Å². The monoisotopic (exact) mass is 516 g/mol. The molecule has 2 aliphatic carbocycles. The molecule has 2 saturated carbocycles. The van der Waals surface area contributed by atoms with Crippen molar-refractivity contribution in [3.05, 3.63) is 46.9 Å². The van der Waals surface area contributed by atoms with Crippen LogP contribution in [0.2, 0.25) is 0 Å². The normalized spacial score (nSPS) is 33.7. The lowest BCUT2D eigenvalue weighted by Gasteiger charge is -2.54. The number of carbonyl (C=O) groups is 1. The molecule has 2 aromatic rings. The zero-order valence-corrected chi connectivity index (χ0v) is 21.8. The number of benzene rings is 1. The Hall–Kier alpha value is -3.04. The van der Waals surface area contributed by atoms with E-state index in [0.29, 0.717) is 42.6 Å². The SMILES string of the molecule is C=C1C=NN(c2nc3ccccc3n(C3C[C@H]4COC[C@@H](C3)N4C3C[C@H]4CCCC[C@@H](C3)C4)c2=O)C(=O)N1. The number of ether oxygens (including phenoxy) is 1. The fourth-order valence-corrected chi connectivity index (χ4v) is 8.03. The first-order valence-corrected chi connectivity index (χ1v) is 14.3. The number of hydrogen-bond acceptors (Lipinski definition) is 6. The molecule has 2 amide bonds. The van der Waals surface area contributed by atoms with E-state index in [4.69, 9.17) is 4.74 Å². The number of nitrogens with one attached hydrogen (secondary N) is 1. The van der Waals surface area contributed by atoms with E-state index in [0.717, 1.165) is 35.2 Å². The van der Waals surface area contributed by atoms with Crippen LogP contribution in [-0.2, 0) is 4.74 Å². The van der Waals surface area contributed by atoms with Gasteiger partial charge in [0.2, 0.25) is 5.82 Å². The second-order valence-corrected chi connectivity index (χ2v) is 11.9. The minimum Gasteiger partial charge on any atom is -0.378 e. The molecule has 1 N–H and O–H groups in total. The van der Waals surface area contributed by atoms with E-state index in [2.05, 4.69) is 26.9 Å². The van der Waals surface area contributed by atoms with Crippen LogP contribution in [0, 0.1) is 11.8 Å². The first kappa shape index (κ1) is 24.0. The van der Waals surface area contributed by atoms with Crippen LogP contribution in [0.4, 0.5) is 10.6 Å². The third kappa shape index (κ3) is 4.16. The fraction of sp³-hybridized carbons (Fsp3) is 0.586. The molecule has 9 heteroatoms. The molecule has 0 spiro atoms. The summed E-state index contributed by atoms with van der Waals surface area (Å²) < 4.78 is 7.97. The van der Waals surface area contributed by atoms with Gasteiger partial charge in [0, 0.05) is 24.2 Å². The number of para-hydroxylation sites is 2. The van der Waals surface area contributed by atoms with Gasteiger partial charge >= 0.3 is 6.03 Å². The summed E-state index contributed by atoms with van der Waals surface area (Å²) in [5, 5.41) is 7.86. The van der Waals surface area contributed by atoms with E-state index < -0.39 is 6.03 Å². The Morgan fingerprint density at radius 2 is 1.61 bits per heavy atom.